The molecule has 0 spiro atoms. The number of hydrogen-bond donors (Lipinski definition) is 0. The van der Waals surface area contributed by atoms with E-state index in [0.717, 1.165) is 17.1 Å². The van der Waals surface area contributed by atoms with Gasteiger partial charge in [-0.15, -0.1) is 11.6 Å². The Bertz CT molecular complexity index is 536. The second-order valence-electron chi connectivity index (χ2n) is 4.69. The molecule has 1 aromatic rings. The van der Waals surface area contributed by atoms with Crippen LogP contribution in [0.5, 0.6) is 5.75 Å². The van der Waals surface area contributed by atoms with E-state index in [0.29, 0.717) is 24.2 Å². The summed E-state index contributed by atoms with van der Waals surface area (Å²) in [5.41, 5.74) is 1.11. The first-order valence-electron chi connectivity index (χ1n) is 7.01. The minimum Gasteiger partial charge on any atom is -0.497 e. The maximum atomic E-state index is 11.6. The van der Waals surface area contributed by atoms with Crippen molar-refractivity contribution in [1.29, 1.82) is 0 Å². The van der Waals surface area contributed by atoms with Crippen molar-refractivity contribution in [3.05, 3.63) is 29.8 Å². The van der Waals surface area contributed by atoms with E-state index in [4.69, 9.17) is 21.1 Å². The maximum Gasteiger partial charge on any atom is 0.436 e. The number of aliphatic imine (C=N–C) groups is 1. The van der Waals surface area contributed by atoms with Gasteiger partial charge in [0.2, 0.25) is 0 Å². The van der Waals surface area contributed by atoms with Crippen molar-refractivity contribution >= 4 is 34.6 Å². The van der Waals surface area contributed by atoms with E-state index in [1.165, 1.54) is 11.8 Å². The van der Waals surface area contributed by atoms with E-state index in [2.05, 4.69) is 9.89 Å². The third kappa shape index (κ3) is 4.30. The molecule has 120 valence electrons. The third-order valence-corrected chi connectivity index (χ3v) is 4.73. The summed E-state index contributed by atoms with van der Waals surface area (Å²) in [5, 5.41) is 0.667. The van der Waals surface area contributed by atoms with Crippen LogP contribution in [0.25, 0.3) is 0 Å². The van der Waals surface area contributed by atoms with E-state index in [9.17, 15) is 4.79 Å². The molecule has 0 aliphatic carbocycles. The molecule has 1 heterocycles. The van der Waals surface area contributed by atoms with Gasteiger partial charge in [-0.25, -0.2) is 4.79 Å². The highest BCUT2D eigenvalue weighted by molar-refractivity contribution is 8.14. The van der Waals surface area contributed by atoms with Gasteiger partial charge in [0.25, 0.3) is 0 Å². The number of carbonyl (C=O) groups excluding carboxylic acids is 1. The fourth-order valence-electron chi connectivity index (χ4n) is 2.08. The van der Waals surface area contributed by atoms with Gasteiger partial charge in [0.1, 0.15) is 5.75 Å². The van der Waals surface area contributed by atoms with E-state index in [1.807, 2.05) is 24.3 Å². The van der Waals surface area contributed by atoms with Gasteiger partial charge in [-0.2, -0.15) is 4.99 Å². The summed E-state index contributed by atoms with van der Waals surface area (Å²) < 4.78 is 10.0. The molecule has 2 rings (SSSR count). The quantitative estimate of drug-likeness (QED) is 0.768. The van der Waals surface area contributed by atoms with Gasteiger partial charge in [-0.1, -0.05) is 23.9 Å². The molecule has 5 nitrogen and oxygen atoms in total. The first-order chi connectivity index (χ1) is 10.7. The van der Waals surface area contributed by atoms with Crippen LogP contribution in [-0.4, -0.2) is 47.6 Å². The molecule has 22 heavy (non-hydrogen) atoms. The van der Waals surface area contributed by atoms with Crippen LogP contribution in [0.2, 0.25) is 0 Å². The first kappa shape index (κ1) is 17.0. The topological polar surface area (TPSA) is 51.1 Å². The van der Waals surface area contributed by atoms with Gasteiger partial charge in [0.15, 0.2) is 5.17 Å². The van der Waals surface area contributed by atoms with Gasteiger partial charge >= 0.3 is 6.09 Å². The van der Waals surface area contributed by atoms with Crippen molar-refractivity contribution < 1.29 is 14.3 Å². The molecule has 0 bridgehead atoms. The first-order valence-corrected chi connectivity index (χ1v) is 8.53. The SMILES string of the molecule is CCOC(=O)/N=C1\SCC(CCl)N1Cc1ccc(OC)cc1. The van der Waals surface area contributed by atoms with Gasteiger partial charge in [0, 0.05) is 18.2 Å². The molecule has 7 heteroatoms. The van der Waals surface area contributed by atoms with Crippen LogP contribution in [0.3, 0.4) is 0 Å². The van der Waals surface area contributed by atoms with E-state index < -0.39 is 6.09 Å². The number of amides is 1. The summed E-state index contributed by atoms with van der Waals surface area (Å²) in [4.78, 5) is 17.7. The summed E-state index contributed by atoms with van der Waals surface area (Å²) in [5.74, 6) is 2.12. The smallest absolute Gasteiger partial charge is 0.436 e. The summed E-state index contributed by atoms with van der Waals surface area (Å²) in [6.07, 6.45) is -0.556. The van der Waals surface area contributed by atoms with Crippen molar-refractivity contribution in [2.75, 3.05) is 25.3 Å². The monoisotopic (exact) mass is 342 g/mol. The van der Waals surface area contributed by atoms with Gasteiger partial charge in [-0.05, 0) is 24.6 Å². The highest BCUT2D eigenvalue weighted by Gasteiger charge is 2.30. The summed E-state index contributed by atoms with van der Waals surface area (Å²) in [6, 6.07) is 7.97. The normalized spacial score (nSPS) is 19.5. The predicted octanol–water partition coefficient (Wildman–Crippen LogP) is 3.36. The average molecular weight is 343 g/mol. The molecule has 0 radical (unpaired) electrons. The number of benzene rings is 1. The Balaban J connectivity index is 2.13. The second kappa shape index (κ2) is 8.29. The molecule has 0 N–H and O–H groups in total. The lowest BCUT2D eigenvalue weighted by atomic mass is 10.2. The average Bonchev–Trinajstić information content (AvgIpc) is 2.90. The largest absolute Gasteiger partial charge is 0.497 e. The Kier molecular flexibility index (Phi) is 6.39. The number of thioether (sulfide) groups is 1. The maximum absolute atomic E-state index is 11.6. The van der Waals surface area contributed by atoms with E-state index in [-0.39, 0.29) is 6.04 Å². The van der Waals surface area contributed by atoms with Crippen molar-refractivity contribution in [3.8, 4) is 5.75 Å². The van der Waals surface area contributed by atoms with Crippen LogP contribution >= 0.6 is 23.4 Å². The van der Waals surface area contributed by atoms with Crippen molar-refractivity contribution in [2.45, 2.75) is 19.5 Å². The number of methoxy groups -OCH3 is 1. The Morgan fingerprint density at radius 2 is 2.18 bits per heavy atom. The number of carbonyl (C=O) groups is 1. The fourth-order valence-corrected chi connectivity index (χ4v) is 3.65. The Morgan fingerprint density at radius 1 is 1.45 bits per heavy atom. The summed E-state index contributed by atoms with van der Waals surface area (Å²) >= 11 is 7.56. The zero-order valence-electron chi connectivity index (χ0n) is 12.6. The molecular weight excluding hydrogens is 324 g/mol. The van der Waals surface area contributed by atoms with Crippen LogP contribution in [-0.2, 0) is 11.3 Å². The molecule has 1 fully saturated rings. The number of ether oxygens (including phenoxy) is 2. The lowest BCUT2D eigenvalue weighted by Gasteiger charge is -2.24. The third-order valence-electron chi connectivity index (χ3n) is 3.24. The van der Waals surface area contributed by atoms with Crippen LogP contribution < -0.4 is 4.74 Å². The van der Waals surface area contributed by atoms with Gasteiger partial charge in [-0.3, -0.25) is 0 Å². The molecule has 1 aliphatic rings. The lowest BCUT2D eigenvalue weighted by molar-refractivity contribution is 0.163. The van der Waals surface area contributed by atoms with Crippen LogP contribution in [0.1, 0.15) is 12.5 Å². The number of nitrogens with zero attached hydrogens (tertiary/aromatic N) is 2. The Labute approximate surface area is 139 Å². The Hall–Kier alpha value is -1.40. The molecule has 0 aromatic heterocycles. The predicted molar refractivity (Wildman–Crippen MR) is 90.0 cm³/mol. The van der Waals surface area contributed by atoms with Gasteiger partial charge in [0.05, 0.1) is 19.8 Å². The number of amidine groups is 1. The van der Waals surface area contributed by atoms with Crippen molar-refractivity contribution in [2.24, 2.45) is 4.99 Å². The lowest BCUT2D eigenvalue weighted by Crippen LogP contribution is -2.35. The minimum absolute atomic E-state index is 0.155. The summed E-state index contributed by atoms with van der Waals surface area (Å²) in [6.45, 7) is 2.72. The number of halogens is 1. The fraction of sp³-hybridized carbons (Fsp3) is 0.467. The molecule has 1 aliphatic heterocycles. The molecule has 1 amide bonds. The molecule has 1 saturated heterocycles. The zero-order chi connectivity index (χ0) is 15.9. The van der Waals surface area contributed by atoms with Crippen LogP contribution in [0.4, 0.5) is 4.79 Å². The standard InChI is InChI=1S/C15H19ClN2O3S/c1-3-21-15(19)17-14-18(12(8-16)10-22-14)9-11-4-6-13(20-2)7-5-11/h4-7,12H,3,8-10H2,1-2H3/b17-14-. The van der Waals surface area contributed by atoms with Crippen molar-refractivity contribution in [3.63, 3.8) is 0 Å². The minimum atomic E-state index is -0.556. The molecule has 1 atom stereocenters. The number of rotatable bonds is 5. The molecule has 1 unspecified atom stereocenters. The highest BCUT2D eigenvalue weighted by atomic mass is 35.5. The zero-order valence-corrected chi connectivity index (χ0v) is 14.2. The number of hydrogen-bond acceptors (Lipinski definition) is 4. The molecule has 1 aromatic carbocycles. The van der Waals surface area contributed by atoms with E-state index in [1.54, 1.807) is 14.0 Å². The molecule has 0 saturated carbocycles. The van der Waals surface area contributed by atoms with Crippen LogP contribution in [0, 0.1) is 0 Å². The second-order valence-corrected chi connectivity index (χ2v) is 5.98. The summed E-state index contributed by atoms with van der Waals surface area (Å²) in [7, 11) is 1.64. The van der Waals surface area contributed by atoms with Crippen molar-refractivity contribution in [1.82, 2.24) is 4.90 Å². The van der Waals surface area contributed by atoms with Gasteiger partial charge < -0.3 is 14.4 Å². The number of alkyl halides is 1. The van der Waals surface area contributed by atoms with E-state index >= 15 is 0 Å². The molecular formula is C15H19ClN2O3S. The van der Waals surface area contributed by atoms with Crippen LogP contribution in [0.15, 0.2) is 29.3 Å². The Morgan fingerprint density at radius 3 is 2.77 bits per heavy atom. The highest BCUT2D eigenvalue weighted by Crippen LogP contribution is 2.27.